The highest BCUT2D eigenvalue weighted by atomic mass is 16.2. The molecule has 0 aromatic carbocycles. The third-order valence-electron chi connectivity index (χ3n) is 10.2. The Kier molecular flexibility index (Phi) is 16.9. The molecular formula is C35H52N12O12. The summed E-state index contributed by atoms with van der Waals surface area (Å²) < 4.78 is 0. The fourth-order valence-electron chi connectivity index (χ4n) is 7.11. The Morgan fingerprint density at radius 2 is 0.729 bits per heavy atom. The Labute approximate surface area is 339 Å². The molecule has 0 aliphatic carbocycles. The van der Waals surface area contributed by atoms with E-state index in [-0.39, 0.29) is 142 Å². The fourth-order valence-corrected chi connectivity index (χ4v) is 7.11. The zero-order chi connectivity index (χ0) is 43.4. The van der Waals surface area contributed by atoms with Gasteiger partial charge >= 0.3 is 0 Å². The van der Waals surface area contributed by atoms with Gasteiger partial charge in [-0.2, -0.15) is 0 Å². The van der Waals surface area contributed by atoms with Crippen molar-refractivity contribution >= 4 is 70.9 Å². The average Bonchev–Trinajstić information content (AvgIpc) is 3.12. The van der Waals surface area contributed by atoms with Gasteiger partial charge in [-0.25, -0.2) is 0 Å². The first-order valence-electron chi connectivity index (χ1n) is 19.3. The molecule has 6 aliphatic rings. The molecule has 0 aromatic rings. The molecule has 6 heterocycles. The van der Waals surface area contributed by atoms with Gasteiger partial charge in [0.2, 0.25) is 70.9 Å². The summed E-state index contributed by atoms with van der Waals surface area (Å²) in [5.74, 6) is -3.70. The molecule has 6 aliphatic heterocycles. The molecular weight excluding hydrogens is 780 g/mol. The number of rotatable bonds is 11. The Bertz CT molecular complexity index is 1580. The van der Waals surface area contributed by atoms with E-state index in [0.29, 0.717) is 39.1 Å². The summed E-state index contributed by atoms with van der Waals surface area (Å²) in [5.41, 5.74) is 0. The van der Waals surface area contributed by atoms with Gasteiger partial charge in [0.1, 0.15) is 0 Å². The highest BCUT2D eigenvalue weighted by Crippen LogP contribution is 2.11. The lowest BCUT2D eigenvalue weighted by Crippen LogP contribution is -2.61. The van der Waals surface area contributed by atoms with Crippen molar-refractivity contribution in [2.45, 2.75) is 51.7 Å². The van der Waals surface area contributed by atoms with E-state index in [1.807, 2.05) is 6.92 Å². The summed E-state index contributed by atoms with van der Waals surface area (Å²) in [6.07, 6.45) is 1.42. The number of piperazine rings is 6. The van der Waals surface area contributed by atoms with Gasteiger partial charge in [-0.3, -0.25) is 119 Å². The number of imide groups is 6. The molecule has 0 bridgehead atoms. The van der Waals surface area contributed by atoms with Crippen molar-refractivity contribution in [2.24, 2.45) is 0 Å². The predicted molar refractivity (Wildman–Crippen MR) is 201 cm³/mol. The van der Waals surface area contributed by atoms with Crippen LogP contribution in [0.1, 0.15) is 33.6 Å². The molecule has 324 valence electrons. The van der Waals surface area contributed by atoms with Crippen molar-refractivity contribution in [1.29, 1.82) is 0 Å². The number of carbonyl (C=O) groups excluding carboxylic acids is 12. The SMILES string of the molecule is CC1C(=O)NC(=O)CN1CCN1CC(=O)NC(=O)C1C.CCC(CN1CC(=O)NC(=O)C1)N1CC(=O)NC(=O)C1.O=C1CN(CCCN2CC(=O)NC(=O)C2)CC(=O)N1. The molecule has 59 heavy (non-hydrogen) atoms. The molecule has 6 N–H and O–H groups in total. The van der Waals surface area contributed by atoms with E-state index in [2.05, 4.69) is 31.9 Å². The molecule has 24 heteroatoms. The first kappa shape index (κ1) is 46.3. The van der Waals surface area contributed by atoms with Gasteiger partial charge in [0, 0.05) is 38.8 Å². The number of hydrogen-bond donors (Lipinski definition) is 6. The van der Waals surface area contributed by atoms with Crippen molar-refractivity contribution < 1.29 is 57.5 Å². The molecule has 24 nitrogen and oxygen atoms in total. The third kappa shape index (κ3) is 14.7. The minimum atomic E-state index is -0.391. The van der Waals surface area contributed by atoms with E-state index in [4.69, 9.17) is 0 Å². The summed E-state index contributed by atoms with van der Waals surface area (Å²) in [4.78, 5) is 146. The normalized spacial score (nSPS) is 25.1. The lowest BCUT2D eigenvalue weighted by molar-refractivity contribution is -0.143. The van der Waals surface area contributed by atoms with Gasteiger partial charge in [-0.1, -0.05) is 6.92 Å². The van der Waals surface area contributed by atoms with E-state index in [1.54, 1.807) is 43.2 Å². The van der Waals surface area contributed by atoms with Gasteiger partial charge in [-0.15, -0.1) is 0 Å². The van der Waals surface area contributed by atoms with Crippen LogP contribution in [0.25, 0.3) is 0 Å². The van der Waals surface area contributed by atoms with Gasteiger partial charge in [0.25, 0.3) is 0 Å². The second-order valence-electron chi connectivity index (χ2n) is 14.9. The van der Waals surface area contributed by atoms with Crippen LogP contribution < -0.4 is 31.9 Å². The topological polar surface area (TPSA) is 296 Å². The van der Waals surface area contributed by atoms with Crippen LogP contribution in [0.15, 0.2) is 0 Å². The molecule has 6 rings (SSSR count). The standard InChI is InChI=1S/2C12H18N4O4.C11H16N4O4/c1-7-11(19)13-9(17)5-15(7)3-4-16-6-10(18)14-12(20)8(16)2;1-2-8(16-6-11(19)14-12(20)7-16)3-15-4-9(17)13-10(18)5-15;16-8-4-14(5-9(17)12-8)2-1-3-15-6-10(18)13-11(19)7-15/h7-8H,3-6H2,1-2H3,(H,13,17,19)(H,14,18,20);8H,2-7H2,1H3,(H,13,17,18)(H,14,19,20);1-7H2,(H,12,16,17)(H,13,18,19). The smallest absolute Gasteiger partial charge is 0.243 e. The Hall–Kier alpha value is -5.40. The van der Waals surface area contributed by atoms with Crippen LogP contribution >= 0.6 is 0 Å². The second-order valence-corrected chi connectivity index (χ2v) is 14.9. The summed E-state index contributed by atoms with van der Waals surface area (Å²) in [6.45, 7) is 9.76. The molecule has 0 saturated carbocycles. The van der Waals surface area contributed by atoms with Crippen LogP contribution in [0.4, 0.5) is 0 Å². The molecule has 0 radical (unpaired) electrons. The van der Waals surface area contributed by atoms with Gasteiger partial charge in [0.15, 0.2) is 0 Å². The van der Waals surface area contributed by atoms with Gasteiger partial charge < -0.3 is 0 Å². The predicted octanol–water partition coefficient (Wildman–Crippen LogP) is -7.34. The average molecular weight is 833 g/mol. The van der Waals surface area contributed by atoms with Crippen molar-refractivity contribution in [3.8, 4) is 0 Å². The second kappa shape index (κ2) is 21.6. The van der Waals surface area contributed by atoms with Crippen LogP contribution in [-0.4, -0.2) is 217 Å². The minimum absolute atomic E-state index is 0.0382. The first-order valence-corrected chi connectivity index (χ1v) is 19.3. The van der Waals surface area contributed by atoms with E-state index in [9.17, 15) is 57.5 Å². The van der Waals surface area contributed by atoms with Crippen LogP contribution in [0, 0.1) is 0 Å². The molecule has 6 saturated heterocycles. The molecule has 3 unspecified atom stereocenters. The third-order valence-corrected chi connectivity index (χ3v) is 10.2. The number of nitrogens with one attached hydrogen (secondary N) is 6. The quantitative estimate of drug-likeness (QED) is 0.105. The Morgan fingerprint density at radius 3 is 1.07 bits per heavy atom. The molecule has 3 atom stereocenters. The number of carbonyl (C=O) groups is 12. The molecule has 12 amide bonds. The molecule has 6 fully saturated rings. The van der Waals surface area contributed by atoms with Gasteiger partial charge in [-0.05, 0) is 26.7 Å². The lowest BCUT2D eigenvalue weighted by Gasteiger charge is -2.36. The van der Waals surface area contributed by atoms with Crippen LogP contribution in [0.5, 0.6) is 0 Å². The van der Waals surface area contributed by atoms with Crippen LogP contribution in [-0.2, 0) is 57.5 Å². The Balaban J connectivity index is 0.000000196. The number of amides is 12. The number of hydrogen-bond acceptors (Lipinski definition) is 18. The minimum Gasteiger partial charge on any atom is -0.294 e. The van der Waals surface area contributed by atoms with Crippen LogP contribution in [0.2, 0.25) is 0 Å². The maximum Gasteiger partial charge on any atom is 0.243 e. The van der Waals surface area contributed by atoms with Crippen LogP contribution in [0.3, 0.4) is 0 Å². The monoisotopic (exact) mass is 832 g/mol. The number of nitrogens with zero attached hydrogens (tertiary/aromatic N) is 6. The van der Waals surface area contributed by atoms with Crippen molar-refractivity contribution in [2.75, 3.05) is 98.2 Å². The summed E-state index contributed by atoms with van der Waals surface area (Å²) in [7, 11) is 0. The zero-order valence-electron chi connectivity index (χ0n) is 33.3. The summed E-state index contributed by atoms with van der Waals surface area (Å²) in [5, 5.41) is 13.5. The van der Waals surface area contributed by atoms with E-state index >= 15 is 0 Å². The zero-order valence-corrected chi connectivity index (χ0v) is 33.3. The maximum atomic E-state index is 11.5. The maximum absolute atomic E-state index is 11.5. The highest BCUT2D eigenvalue weighted by molar-refractivity contribution is 6.02. The lowest BCUT2D eigenvalue weighted by atomic mass is 10.1. The van der Waals surface area contributed by atoms with Crippen molar-refractivity contribution in [1.82, 2.24) is 61.3 Å². The van der Waals surface area contributed by atoms with E-state index < -0.39 is 12.1 Å². The van der Waals surface area contributed by atoms with Crippen molar-refractivity contribution in [3.63, 3.8) is 0 Å². The first-order chi connectivity index (χ1) is 27.9. The summed E-state index contributed by atoms with van der Waals surface area (Å²) in [6, 6.07) is -0.821. The van der Waals surface area contributed by atoms with Gasteiger partial charge in [0.05, 0.1) is 77.5 Å². The largest absolute Gasteiger partial charge is 0.294 e. The fraction of sp³-hybridized carbons (Fsp3) is 0.657. The Morgan fingerprint density at radius 1 is 0.424 bits per heavy atom. The molecule has 0 spiro atoms. The summed E-state index contributed by atoms with van der Waals surface area (Å²) >= 11 is 0. The van der Waals surface area contributed by atoms with E-state index in [0.717, 1.165) is 6.42 Å². The van der Waals surface area contributed by atoms with Crippen molar-refractivity contribution in [3.05, 3.63) is 0 Å². The molecule has 0 aromatic heterocycles. The van der Waals surface area contributed by atoms with E-state index in [1.165, 1.54) is 0 Å². The highest BCUT2D eigenvalue weighted by Gasteiger charge is 2.34.